The van der Waals surface area contributed by atoms with Crippen molar-refractivity contribution in [1.29, 1.82) is 5.26 Å². The molecule has 0 radical (unpaired) electrons. The molecule has 0 atom stereocenters. The largest absolute Gasteiger partial charge is 1.00 e. The molecule has 8 heavy (non-hydrogen) atoms. The van der Waals surface area contributed by atoms with Gasteiger partial charge in [0, 0.05) is 0 Å². The van der Waals surface area contributed by atoms with Gasteiger partial charge in [-0.15, -0.1) is 12.4 Å². The maximum atomic E-state index is 9.38. The second-order valence-corrected chi connectivity index (χ2v) is 0.729. The topological polar surface area (TPSA) is 61.1 Å². The molecule has 0 saturated heterocycles. The van der Waals surface area contributed by atoms with Gasteiger partial charge >= 0.3 is 35.5 Å². The van der Waals surface area contributed by atoms with Gasteiger partial charge < -0.3 is 6.53 Å². The van der Waals surface area contributed by atoms with Gasteiger partial charge in [0.1, 0.15) is 6.42 Å². The van der Waals surface area contributed by atoms with E-state index >= 15 is 0 Å². The number of halogens is 1. The number of hydrogen-bond acceptors (Lipinski definition) is 2. The van der Waals surface area contributed by atoms with Crippen LogP contribution in [0.5, 0.6) is 0 Å². The van der Waals surface area contributed by atoms with Gasteiger partial charge in [-0.25, -0.2) is 0 Å². The number of hydrogen-bond donors (Lipinski definition) is 1. The fourth-order valence-corrected chi connectivity index (χ4v) is 0.0676. The van der Waals surface area contributed by atoms with Gasteiger partial charge in [0.2, 0.25) is 0 Å². The first-order valence-corrected chi connectivity index (χ1v) is 1.36. The smallest absolute Gasteiger partial charge is 1.00 e. The molecule has 0 aliphatic heterocycles. The summed E-state index contributed by atoms with van der Waals surface area (Å²) in [4.78, 5) is 9.38. The van der Waals surface area contributed by atoms with Gasteiger partial charge in [-0.3, -0.25) is 4.79 Å². The first kappa shape index (κ1) is 15.7. The minimum Gasteiger partial charge on any atom is -1.00 e. The molecule has 0 aliphatic carbocycles. The Morgan fingerprint density at radius 2 is 2.25 bits per heavy atom. The molecule has 0 aromatic heterocycles. The van der Waals surface area contributed by atoms with Crippen molar-refractivity contribution in [3.63, 3.8) is 0 Å². The summed E-state index contributed by atoms with van der Waals surface area (Å²) in [6.07, 6.45) is -0.403. The fourth-order valence-electron chi connectivity index (χ4n) is 0.0676. The predicted molar refractivity (Wildman–Crippen MR) is 26.2 cm³/mol. The molecular formula is C3H5ClNNaO2. The predicted octanol–water partition coefficient (Wildman–Crippen LogP) is -2.48. The third kappa shape index (κ3) is 16.3. The van der Waals surface area contributed by atoms with Crippen LogP contribution in [0.2, 0.25) is 0 Å². The van der Waals surface area contributed by atoms with Crippen molar-refractivity contribution in [3.8, 4) is 6.07 Å². The number of nitrogens with zero attached hydrogens (tertiary/aromatic N) is 1. The Hall–Kier alpha value is 0.250. The summed E-state index contributed by atoms with van der Waals surface area (Å²) in [5.74, 6) is -1.07. The van der Waals surface area contributed by atoms with Crippen LogP contribution in [-0.2, 0) is 4.79 Å². The third-order valence-corrected chi connectivity index (χ3v) is 0.230. The van der Waals surface area contributed by atoms with E-state index in [9.17, 15) is 4.79 Å². The van der Waals surface area contributed by atoms with Gasteiger partial charge in [0.25, 0.3) is 0 Å². The van der Waals surface area contributed by atoms with E-state index in [2.05, 4.69) is 0 Å². The van der Waals surface area contributed by atoms with Crippen molar-refractivity contribution >= 4 is 18.4 Å². The van der Waals surface area contributed by atoms with E-state index < -0.39 is 12.4 Å². The molecule has 0 amide bonds. The Balaban J connectivity index is -0.0000000417. The molecule has 0 spiro atoms. The number of aliphatic carboxylic acids is 1. The molecule has 1 N–H and O–H groups in total. The second kappa shape index (κ2) is 10.3. The second-order valence-electron chi connectivity index (χ2n) is 0.729. The van der Waals surface area contributed by atoms with Gasteiger partial charge in [0.05, 0.1) is 6.07 Å². The third-order valence-electron chi connectivity index (χ3n) is 0.230. The minimum absolute atomic E-state index is 0. The van der Waals surface area contributed by atoms with Gasteiger partial charge in [-0.2, -0.15) is 5.26 Å². The summed E-state index contributed by atoms with van der Waals surface area (Å²) >= 11 is 0. The van der Waals surface area contributed by atoms with E-state index in [1.807, 2.05) is 0 Å². The van der Waals surface area contributed by atoms with Crippen LogP contribution >= 0.6 is 12.4 Å². The molecule has 0 aromatic rings. The van der Waals surface area contributed by atoms with Gasteiger partial charge in [-0.1, -0.05) is 0 Å². The van der Waals surface area contributed by atoms with E-state index in [1.165, 1.54) is 6.07 Å². The zero-order valence-electron chi connectivity index (χ0n) is 5.42. The molecule has 0 fully saturated rings. The zero-order valence-corrected chi connectivity index (χ0v) is 7.23. The average Bonchev–Trinajstić information content (AvgIpc) is 1.35. The number of carboxylic acid groups (broad SMARTS) is 1. The van der Waals surface area contributed by atoms with Crippen molar-refractivity contribution in [1.82, 2.24) is 0 Å². The quantitative estimate of drug-likeness (QED) is 0.416. The molecule has 3 nitrogen and oxygen atoms in total. The first-order chi connectivity index (χ1) is 2.77. The molecule has 0 bridgehead atoms. The Morgan fingerprint density at radius 3 is 2.25 bits per heavy atom. The van der Waals surface area contributed by atoms with E-state index in [0.717, 1.165) is 0 Å². The summed E-state index contributed by atoms with van der Waals surface area (Å²) < 4.78 is 0. The van der Waals surface area contributed by atoms with Gasteiger partial charge in [-0.05, 0) is 0 Å². The molecule has 0 aliphatic rings. The van der Waals surface area contributed by atoms with E-state index in [-0.39, 0.29) is 43.4 Å². The number of carboxylic acids is 1. The van der Waals surface area contributed by atoms with E-state index in [4.69, 9.17) is 10.4 Å². The maximum absolute atomic E-state index is 9.38. The summed E-state index contributed by atoms with van der Waals surface area (Å²) in [5, 5.41) is 15.3. The molecule has 5 heteroatoms. The summed E-state index contributed by atoms with van der Waals surface area (Å²) in [6.45, 7) is 0. The van der Waals surface area contributed by atoms with E-state index in [1.54, 1.807) is 0 Å². The van der Waals surface area contributed by atoms with Crippen molar-refractivity contribution in [2.75, 3.05) is 0 Å². The van der Waals surface area contributed by atoms with Crippen LogP contribution in [0.15, 0.2) is 0 Å². The molecule has 0 rings (SSSR count). The SMILES string of the molecule is Cl.N#CCC(=O)O.[H-].[Na+]. The van der Waals surface area contributed by atoms with Crippen LogP contribution in [0.25, 0.3) is 0 Å². The number of carbonyl (C=O) groups is 1. The minimum atomic E-state index is -1.07. The Labute approximate surface area is 76.9 Å². The van der Waals surface area contributed by atoms with E-state index in [0.29, 0.717) is 0 Å². The Morgan fingerprint density at radius 1 is 1.88 bits per heavy atom. The van der Waals surface area contributed by atoms with Gasteiger partial charge in [0.15, 0.2) is 0 Å². The number of rotatable bonds is 1. The van der Waals surface area contributed by atoms with Crippen LogP contribution in [0, 0.1) is 11.3 Å². The zero-order chi connectivity index (χ0) is 4.99. The first-order valence-electron chi connectivity index (χ1n) is 1.36. The molecule has 0 heterocycles. The van der Waals surface area contributed by atoms with Crippen LogP contribution in [0.1, 0.15) is 7.85 Å². The van der Waals surface area contributed by atoms with Crippen molar-refractivity contribution < 1.29 is 40.9 Å². The molecule has 42 valence electrons. The summed E-state index contributed by atoms with van der Waals surface area (Å²) in [5.41, 5.74) is 0. The van der Waals surface area contributed by atoms with Crippen LogP contribution in [0.3, 0.4) is 0 Å². The van der Waals surface area contributed by atoms with Crippen molar-refractivity contribution in [2.24, 2.45) is 0 Å². The van der Waals surface area contributed by atoms with Crippen LogP contribution < -0.4 is 29.6 Å². The molecule has 0 aromatic carbocycles. The monoisotopic (exact) mass is 145 g/mol. The molecular weight excluding hydrogens is 140 g/mol. The summed E-state index contributed by atoms with van der Waals surface area (Å²) in [6, 6.07) is 1.47. The number of nitriles is 1. The Kier molecular flexibility index (Phi) is 20.2. The Bertz CT molecular complexity index is 104. The maximum Gasteiger partial charge on any atom is 1.00 e. The van der Waals surface area contributed by atoms with Crippen molar-refractivity contribution in [2.45, 2.75) is 6.42 Å². The van der Waals surface area contributed by atoms with Crippen LogP contribution in [-0.4, -0.2) is 11.1 Å². The normalized spacial score (nSPS) is 4.88. The standard InChI is InChI=1S/C3H3NO2.ClH.Na.H/c4-2-1-3(5)6;;;/h1H2,(H,5,6);1H;;/q;;+1;-1. The van der Waals surface area contributed by atoms with Crippen LogP contribution in [0.4, 0.5) is 0 Å². The molecule has 0 saturated carbocycles. The average molecular weight is 146 g/mol. The molecule has 0 unspecified atom stereocenters. The fraction of sp³-hybridized carbons (Fsp3) is 0.333. The summed E-state index contributed by atoms with van der Waals surface area (Å²) in [7, 11) is 0. The van der Waals surface area contributed by atoms with Crippen molar-refractivity contribution in [3.05, 3.63) is 0 Å².